The average molecular weight is 468 g/mol. The number of imidazole rings is 1. The van der Waals surface area contributed by atoms with Crippen LogP contribution in [0.2, 0.25) is 0 Å². The van der Waals surface area contributed by atoms with E-state index in [1.165, 1.54) is 0 Å². The summed E-state index contributed by atoms with van der Waals surface area (Å²) in [5.74, 6) is 0.779. The van der Waals surface area contributed by atoms with Crippen molar-refractivity contribution in [1.82, 2.24) is 24.7 Å². The fourth-order valence-electron chi connectivity index (χ4n) is 5.49. The molecule has 1 aromatic heterocycles. The summed E-state index contributed by atoms with van der Waals surface area (Å²) >= 11 is 0. The number of carbonyl (C=O) groups is 3. The third-order valence-electron chi connectivity index (χ3n) is 8.25. The maximum atomic E-state index is 13.3. The summed E-state index contributed by atoms with van der Waals surface area (Å²) in [6, 6.07) is 7.42. The summed E-state index contributed by atoms with van der Waals surface area (Å²) in [4.78, 5) is 46.4. The van der Waals surface area contributed by atoms with Crippen molar-refractivity contribution in [2.24, 2.45) is 11.3 Å². The number of likely N-dealkylation sites (N-methyl/N-ethyl adjacent to an activating group) is 1. The molecule has 2 fully saturated rings. The molecule has 34 heavy (non-hydrogen) atoms. The predicted octanol–water partition coefficient (Wildman–Crippen LogP) is 3.93. The van der Waals surface area contributed by atoms with Crippen LogP contribution in [0.4, 0.5) is 4.79 Å². The highest BCUT2D eigenvalue weighted by atomic mass is 16.2. The molecule has 184 valence electrons. The lowest BCUT2D eigenvalue weighted by Gasteiger charge is -2.42. The molecule has 1 aliphatic carbocycles. The Bertz CT molecular complexity index is 1100. The first-order valence-corrected chi connectivity index (χ1v) is 12.4. The normalized spacial score (nSPS) is 23.1. The standard InChI is InChI=1S/C26H37N5O3/c1-6-25(3,4)18-12-14-26(15-13-18)23(33)31(24(34)28-26)17-22(32)29(5)16-21-27-19-10-8-9-11-20(19)30(21)7-2/h8-11,18H,6-7,12-17H2,1-5H3,(H,28,34). The highest BCUT2D eigenvalue weighted by Gasteiger charge is 2.53. The van der Waals surface area contributed by atoms with Crippen LogP contribution < -0.4 is 5.32 Å². The number of nitrogens with zero attached hydrogens (tertiary/aromatic N) is 4. The van der Waals surface area contributed by atoms with Crippen LogP contribution in [-0.4, -0.2) is 56.3 Å². The number of amides is 4. The van der Waals surface area contributed by atoms with E-state index in [9.17, 15) is 14.4 Å². The number of aromatic nitrogens is 2. The van der Waals surface area contributed by atoms with Crippen LogP contribution in [0.5, 0.6) is 0 Å². The maximum absolute atomic E-state index is 13.3. The maximum Gasteiger partial charge on any atom is 0.325 e. The molecule has 0 bridgehead atoms. The van der Waals surface area contributed by atoms with Crippen molar-refractivity contribution in [2.75, 3.05) is 13.6 Å². The molecule has 2 heterocycles. The zero-order valence-corrected chi connectivity index (χ0v) is 21.1. The fraction of sp³-hybridized carbons (Fsp3) is 0.615. The fourth-order valence-corrected chi connectivity index (χ4v) is 5.49. The number of fused-ring (bicyclic) bond motifs is 1. The molecule has 2 aromatic rings. The minimum absolute atomic E-state index is 0.223. The summed E-state index contributed by atoms with van der Waals surface area (Å²) in [6.07, 6.45) is 4.16. The van der Waals surface area contributed by atoms with Crippen molar-refractivity contribution in [3.05, 3.63) is 30.1 Å². The number of aryl methyl sites for hydroxylation is 1. The Kier molecular flexibility index (Phi) is 6.44. The number of rotatable bonds is 7. The van der Waals surface area contributed by atoms with E-state index in [1.54, 1.807) is 11.9 Å². The van der Waals surface area contributed by atoms with E-state index in [2.05, 4.69) is 35.6 Å². The largest absolute Gasteiger partial charge is 0.337 e. The molecule has 1 saturated carbocycles. The van der Waals surface area contributed by atoms with Gasteiger partial charge in [-0.25, -0.2) is 9.78 Å². The SMILES string of the molecule is CCn1c(CN(C)C(=O)CN2C(=O)NC3(CCC(C(C)(C)CC)CC3)C2=O)nc2ccccc21. The van der Waals surface area contributed by atoms with E-state index in [4.69, 9.17) is 0 Å². The van der Waals surface area contributed by atoms with E-state index in [1.807, 2.05) is 31.2 Å². The van der Waals surface area contributed by atoms with Gasteiger partial charge in [-0.15, -0.1) is 0 Å². The number of imide groups is 1. The van der Waals surface area contributed by atoms with Crippen molar-refractivity contribution in [3.63, 3.8) is 0 Å². The van der Waals surface area contributed by atoms with E-state index < -0.39 is 11.6 Å². The lowest BCUT2D eigenvalue weighted by molar-refractivity contribution is -0.139. The van der Waals surface area contributed by atoms with Gasteiger partial charge in [-0.1, -0.05) is 39.3 Å². The van der Waals surface area contributed by atoms with Crippen molar-refractivity contribution < 1.29 is 14.4 Å². The third kappa shape index (κ3) is 4.18. The first kappa shape index (κ1) is 24.2. The second kappa shape index (κ2) is 9.04. The van der Waals surface area contributed by atoms with Crippen molar-refractivity contribution in [1.29, 1.82) is 0 Å². The Morgan fingerprint density at radius 1 is 1.21 bits per heavy atom. The first-order valence-electron chi connectivity index (χ1n) is 12.4. The van der Waals surface area contributed by atoms with Gasteiger partial charge in [0.25, 0.3) is 5.91 Å². The Labute approximate surface area is 201 Å². The minimum Gasteiger partial charge on any atom is -0.337 e. The predicted molar refractivity (Wildman–Crippen MR) is 131 cm³/mol. The molecule has 0 unspecified atom stereocenters. The van der Waals surface area contributed by atoms with E-state index in [-0.39, 0.29) is 23.8 Å². The molecule has 4 amide bonds. The monoisotopic (exact) mass is 467 g/mol. The molecular weight excluding hydrogens is 430 g/mol. The van der Waals surface area contributed by atoms with Crippen molar-refractivity contribution in [2.45, 2.75) is 78.4 Å². The topological polar surface area (TPSA) is 87.5 Å². The summed E-state index contributed by atoms with van der Waals surface area (Å²) in [5, 5.41) is 2.94. The highest BCUT2D eigenvalue weighted by Crippen LogP contribution is 2.45. The van der Waals surface area contributed by atoms with Gasteiger partial charge >= 0.3 is 6.03 Å². The quantitative estimate of drug-likeness (QED) is 0.625. The van der Waals surface area contributed by atoms with Crippen molar-refractivity contribution >= 4 is 28.9 Å². The van der Waals surface area contributed by atoms with E-state index in [0.29, 0.717) is 25.3 Å². The zero-order valence-electron chi connectivity index (χ0n) is 21.1. The van der Waals surface area contributed by atoms with Gasteiger partial charge in [-0.2, -0.15) is 0 Å². The molecule has 1 spiro atoms. The van der Waals surface area contributed by atoms with E-state index >= 15 is 0 Å². The lowest BCUT2D eigenvalue weighted by Crippen LogP contribution is -2.51. The van der Waals surface area contributed by atoms with Crippen LogP contribution in [0.15, 0.2) is 24.3 Å². The van der Waals surface area contributed by atoms with E-state index in [0.717, 1.165) is 47.6 Å². The van der Waals surface area contributed by atoms with Gasteiger partial charge in [0.1, 0.15) is 17.9 Å². The third-order valence-corrected chi connectivity index (χ3v) is 8.25. The second-order valence-electron chi connectivity index (χ2n) is 10.5. The Morgan fingerprint density at radius 2 is 1.88 bits per heavy atom. The number of para-hydroxylation sites is 2. The molecule has 0 atom stereocenters. The molecule has 4 rings (SSSR count). The number of nitrogens with one attached hydrogen (secondary N) is 1. The minimum atomic E-state index is -0.855. The van der Waals surface area contributed by atoms with Crippen LogP contribution in [-0.2, 0) is 22.7 Å². The van der Waals surface area contributed by atoms with Crippen molar-refractivity contribution in [3.8, 4) is 0 Å². The van der Waals surface area contributed by atoms with Gasteiger partial charge in [0.15, 0.2) is 0 Å². The number of carbonyl (C=O) groups excluding carboxylic acids is 3. The molecule has 1 aromatic carbocycles. The number of hydrogen-bond donors (Lipinski definition) is 1. The Balaban J connectivity index is 1.42. The van der Waals surface area contributed by atoms with Gasteiger partial charge in [-0.3, -0.25) is 14.5 Å². The molecular formula is C26H37N5O3. The highest BCUT2D eigenvalue weighted by molar-refractivity contribution is 6.09. The van der Waals surface area contributed by atoms with Crippen LogP contribution in [0, 0.1) is 11.3 Å². The molecule has 1 N–H and O–H groups in total. The van der Waals surface area contributed by atoms with Crippen LogP contribution in [0.25, 0.3) is 11.0 Å². The smallest absolute Gasteiger partial charge is 0.325 e. The summed E-state index contributed by atoms with van der Waals surface area (Å²) < 4.78 is 2.08. The van der Waals surface area contributed by atoms with Gasteiger partial charge in [0.05, 0.1) is 17.6 Å². The second-order valence-corrected chi connectivity index (χ2v) is 10.5. The van der Waals surface area contributed by atoms with Gasteiger partial charge in [-0.05, 0) is 56.1 Å². The molecule has 8 heteroatoms. The average Bonchev–Trinajstić information content (AvgIpc) is 3.28. The Morgan fingerprint density at radius 3 is 2.53 bits per heavy atom. The van der Waals surface area contributed by atoms with Crippen LogP contribution in [0.3, 0.4) is 0 Å². The van der Waals surface area contributed by atoms with Gasteiger partial charge < -0.3 is 14.8 Å². The molecule has 8 nitrogen and oxygen atoms in total. The summed E-state index contributed by atoms with van der Waals surface area (Å²) in [5.41, 5.74) is 1.28. The molecule has 1 aliphatic heterocycles. The molecule has 1 saturated heterocycles. The van der Waals surface area contributed by atoms with Gasteiger partial charge in [0, 0.05) is 13.6 Å². The van der Waals surface area contributed by atoms with Crippen LogP contribution in [0.1, 0.15) is 65.6 Å². The summed E-state index contributed by atoms with van der Waals surface area (Å²) in [6.45, 7) is 9.59. The number of benzene rings is 1. The lowest BCUT2D eigenvalue weighted by atomic mass is 9.65. The van der Waals surface area contributed by atoms with Gasteiger partial charge in [0.2, 0.25) is 5.91 Å². The molecule has 0 radical (unpaired) electrons. The summed E-state index contributed by atoms with van der Waals surface area (Å²) in [7, 11) is 1.69. The van der Waals surface area contributed by atoms with Crippen LogP contribution >= 0.6 is 0 Å². The number of urea groups is 1. The molecule has 2 aliphatic rings. The number of hydrogen-bond acceptors (Lipinski definition) is 4. The Hall–Kier alpha value is -2.90. The first-order chi connectivity index (χ1) is 16.1. The zero-order chi connectivity index (χ0) is 24.7.